The van der Waals surface area contributed by atoms with Crippen molar-refractivity contribution in [3.63, 3.8) is 0 Å². The number of carbonyl (C=O) groups excluding carboxylic acids is 1. The van der Waals surface area contributed by atoms with E-state index in [4.69, 9.17) is 11.6 Å². The van der Waals surface area contributed by atoms with Crippen LogP contribution in [0.5, 0.6) is 5.75 Å². The molecule has 3 rings (SSSR count). The molecule has 0 fully saturated rings. The summed E-state index contributed by atoms with van der Waals surface area (Å²) in [5.74, 6) is -0.0856. The molecule has 0 atom stereocenters. The van der Waals surface area contributed by atoms with Crippen molar-refractivity contribution in [2.45, 2.75) is 0 Å². The van der Waals surface area contributed by atoms with Gasteiger partial charge in [-0.25, -0.2) is 0 Å². The summed E-state index contributed by atoms with van der Waals surface area (Å²) in [7, 11) is 0. The van der Waals surface area contributed by atoms with Gasteiger partial charge in [0.05, 0.1) is 5.69 Å². The zero-order chi connectivity index (χ0) is 14.3. The fourth-order valence-corrected chi connectivity index (χ4v) is 2.66. The van der Waals surface area contributed by atoms with E-state index >= 15 is 0 Å². The third kappa shape index (κ3) is 2.32. The van der Waals surface area contributed by atoms with Crippen LogP contribution in [-0.4, -0.2) is 11.0 Å². The predicted octanol–water partition coefficient (Wildman–Crippen LogP) is 4.30. The van der Waals surface area contributed by atoms with Gasteiger partial charge in [0.15, 0.2) is 0 Å². The fourth-order valence-electron chi connectivity index (χ4n) is 2.11. The van der Waals surface area contributed by atoms with Crippen LogP contribution < -0.4 is 5.32 Å². The number of aromatic hydroxyl groups is 1. The van der Waals surface area contributed by atoms with Crippen molar-refractivity contribution in [1.29, 1.82) is 0 Å². The zero-order valence-electron chi connectivity index (χ0n) is 10.2. The third-order valence-corrected chi connectivity index (χ3v) is 3.78. The van der Waals surface area contributed by atoms with E-state index in [1.165, 1.54) is 0 Å². The van der Waals surface area contributed by atoms with Gasteiger partial charge >= 0.3 is 0 Å². The summed E-state index contributed by atoms with van der Waals surface area (Å²) in [5.41, 5.74) is 2.54. The van der Waals surface area contributed by atoms with Crippen molar-refractivity contribution in [3.8, 4) is 5.75 Å². The highest BCUT2D eigenvalue weighted by Gasteiger charge is 2.24. The summed E-state index contributed by atoms with van der Waals surface area (Å²) in [5, 5.41) is 13.2. The van der Waals surface area contributed by atoms with Crippen molar-refractivity contribution in [1.82, 2.24) is 0 Å². The predicted molar refractivity (Wildman–Crippen MR) is 83.8 cm³/mol. The lowest BCUT2D eigenvalue weighted by molar-refractivity contribution is -0.110. The number of halogens is 2. The molecule has 5 heteroatoms. The normalized spacial score (nSPS) is 15.3. The van der Waals surface area contributed by atoms with Crippen LogP contribution in [-0.2, 0) is 4.79 Å². The molecule has 0 aromatic heterocycles. The van der Waals surface area contributed by atoms with Crippen molar-refractivity contribution in [2.24, 2.45) is 0 Å². The SMILES string of the molecule is O=C1Nc2cc(Cl)ccc2/C1=C\c1cc(Br)ccc1O. The Kier molecular flexibility index (Phi) is 3.28. The molecule has 2 aromatic carbocycles. The number of phenols is 1. The number of rotatable bonds is 1. The van der Waals surface area contributed by atoms with Gasteiger partial charge in [0.1, 0.15) is 5.75 Å². The summed E-state index contributed by atoms with van der Waals surface area (Å²) in [6, 6.07) is 10.3. The molecule has 0 unspecified atom stereocenters. The van der Waals surface area contributed by atoms with E-state index in [-0.39, 0.29) is 11.7 Å². The average Bonchev–Trinajstić information content (AvgIpc) is 2.69. The number of nitrogens with one attached hydrogen (secondary N) is 1. The molecule has 0 saturated heterocycles. The highest BCUT2D eigenvalue weighted by atomic mass is 79.9. The van der Waals surface area contributed by atoms with Crippen LogP contribution in [0.25, 0.3) is 11.6 Å². The highest BCUT2D eigenvalue weighted by molar-refractivity contribution is 9.10. The Balaban J connectivity index is 2.13. The second-order valence-corrected chi connectivity index (χ2v) is 5.76. The van der Waals surface area contributed by atoms with E-state index in [0.717, 1.165) is 10.0 Å². The Bertz CT molecular complexity index is 756. The molecule has 0 aliphatic carbocycles. The minimum atomic E-state index is -0.207. The fraction of sp³-hybridized carbons (Fsp3) is 0. The number of phenolic OH excluding ortho intramolecular Hbond substituents is 1. The van der Waals surface area contributed by atoms with Crippen LogP contribution in [0.4, 0.5) is 5.69 Å². The van der Waals surface area contributed by atoms with Gasteiger partial charge in [-0.2, -0.15) is 0 Å². The molecule has 0 saturated carbocycles. The molecule has 20 heavy (non-hydrogen) atoms. The van der Waals surface area contributed by atoms with E-state index < -0.39 is 0 Å². The summed E-state index contributed by atoms with van der Waals surface area (Å²) < 4.78 is 0.830. The maximum atomic E-state index is 12.0. The van der Waals surface area contributed by atoms with Gasteiger partial charge in [-0.15, -0.1) is 0 Å². The van der Waals surface area contributed by atoms with Crippen LogP contribution in [0.2, 0.25) is 5.02 Å². The molecule has 100 valence electrons. The summed E-state index contributed by atoms with van der Waals surface area (Å²) in [6.45, 7) is 0. The minimum absolute atomic E-state index is 0.121. The first-order chi connectivity index (χ1) is 9.54. The third-order valence-electron chi connectivity index (χ3n) is 3.05. The van der Waals surface area contributed by atoms with Crippen molar-refractivity contribution >= 4 is 50.8 Å². The molecular formula is C15H9BrClNO2. The number of fused-ring (bicyclic) bond motifs is 1. The highest BCUT2D eigenvalue weighted by Crippen LogP contribution is 2.36. The molecule has 2 N–H and O–H groups in total. The van der Waals surface area contributed by atoms with Gasteiger partial charge in [0.2, 0.25) is 0 Å². The van der Waals surface area contributed by atoms with Gasteiger partial charge in [-0.05, 0) is 36.4 Å². The van der Waals surface area contributed by atoms with E-state index in [2.05, 4.69) is 21.2 Å². The quantitative estimate of drug-likeness (QED) is 0.753. The number of amides is 1. The summed E-state index contributed by atoms with van der Waals surface area (Å²) in [6.07, 6.45) is 1.66. The topological polar surface area (TPSA) is 49.3 Å². The molecule has 1 heterocycles. The standard InChI is InChI=1S/C15H9BrClNO2/c16-9-1-4-14(19)8(5-9)6-12-11-3-2-10(17)7-13(11)18-15(12)20/h1-7,19H,(H,18,20)/b12-6+. The zero-order valence-corrected chi connectivity index (χ0v) is 12.5. The molecule has 3 nitrogen and oxygen atoms in total. The number of hydrogen-bond acceptors (Lipinski definition) is 2. The molecular weight excluding hydrogens is 342 g/mol. The van der Waals surface area contributed by atoms with Gasteiger partial charge in [0.25, 0.3) is 5.91 Å². The summed E-state index contributed by atoms with van der Waals surface area (Å²) >= 11 is 9.25. The molecule has 1 aliphatic heterocycles. The molecule has 1 aliphatic rings. The average molecular weight is 351 g/mol. The number of benzene rings is 2. The molecule has 2 aromatic rings. The number of anilines is 1. The van der Waals surface area contributed by atoms with E-state index in [9.17, 15) is 9.90 Å². The second-order valence-electron chi connectivity index (χ2n) is 4.41. The Morgan fingerprint density at radius 2 is 2.00 bits per heavy atom. The lowest BCUT2D eigenvalue weighted by Gasteiger charge is -2.02. The van der Waals surface area contributed by atoms with Crippen LogP contribution in [0.1, 0.15) is 11.1 Å². The van der Waals surface area contributed by atoms with Crippen molar-refractivity contribution in [2.75, 3.05) is 5.32 Å². The van der Waals surface area contributed by atoms with E-state index in [0.29, 0.717) is 21.8 Å². The van der Waals surface area contributed by atoms with Gasteiger partial charge in [-0.3, -0.25) is 4.79 Å². The van der Waals surface area contributed by atoms with Gasteiger partial charge < -0.3 is 10.4 Å². The lowest BCUT2D eigenvalue weighted by atomic mass is 10.0. The molecule has 0 bridgehead atoms. The maximum Gasteiger partial charge on any atom is 0.256 e. The first-order valence-corrected chi connectivity index (χ1v) is 7.03. The van der Waals surface area contributed by atoms with Gasteiger partial charge in [0, 0.05) is 26.2 Å². The minimum Gasteiger partial charge on any atom is -0.507 e. The van der Waals surface area contributed by atoms with Crippen LogP contribution >= 0.6 is 27.5 Å². The first kappa shape index (κ1) is 13.2. The van der Waals surface area contributed by atoms with Crippen LogP contribution in [0.3, 0.4) is 0 Å². The molecule has 0 radical (unpaired) electrons. The van der Waals surface area contributed by atoms with Crippen molar-refractivity contribution < 1.29 is 9.90 Å². The molecule has 1 amide bonds. The first-order valence-electron chi connectivity index (χ1n) is 5.86. The van der Waals surface area contributed by atoms with Crippen LogP contribution in [0.15, 0.2) is 40.9 Å². The van der Waals surface area contributed by atoms with E-state index in [1.807, 2.05) is 0 Å². The lowest BCUT2D eigenvalue weighted by Crippen LogP contribution is -2.03. The second kappa shape index (κ2) is 4.96. The Morgan fingerprint density at radius 3 is 2.80 bits per heavy atom. The van der Waals surface area contributed by atoms with Crippen molar-refractivity contribution in [3.05, 3.63) is 57.0 Å². The van der Waals surface area contributed by atoms with E-state index in [1.54, 1.807) is 42.5 Å². The van der Waals surface area contributed by atoms with Gasteiger partial charge in [-0.1, -0.05) is 33.6 Å². The monoisotopic (exact) mass is 349 g/mol. The largest absolute Gasteiger partial charge is 0.507 e. The maximum absolute atomic E-state index is 12.0. The Morgan fingerprint density at radius 1 is 1.20 bits per heavy atom. The molecule has 0 spiro atoms. The summed E-state index contributed by atoms with van der Waals surface area (Å²) in [4.78, 5) is 12.0. The Hall–Kier alpha value is -1.78. The Labute approximate surface area is 129 Å². The number of hydrogen-bond donors (Lipinski definition) is 2. The van der Waals surface area contributed by atoms with Crippen LogP contribution in [0, 0.1) is 0 Å². The smallest absolute Gasteiger partial charge is 0.256 e. The number of carbonyl (C=O) groups is 1.